The van der Waals surface area contributed by atoms with Gasteiger partial charge in [-0.2, -0.15) is 0 Å². The molecule has 0 spiro atoms. The van der Waals surface area contributed by atoms with E-state index in [-0.39, 0.29) is 11.7 Å². The molecule has 7 nitrogen and oxygen atoms in total. The number of piperazine rings is 1. The maximum Gasteiger partial charge on any atom is 0.259 e. The second kappa shape index (κ2) is 7.25. The number of rotatable bonds is 4. The zero-order chi connectivity index (χ0) is 18.0. The number of methoxy groups -OCH3 is 1. The minimum Gasteiger partial charge on any atom is -0.497 e. The van der Waals surface area contributed by atoms with E-state index >= 15 is 0 Å². The number of hydrogen-bond acceptors (Lipinski definition) is 6. The summed E-state index contributed by atoms with van der Waals surface area (Å²) in [5, 5.41) is 14.1. The van der Waals surface area contributed by atoms with Crippen molar-refractivity contribution in [2.75, 3.05) is 40.3 Å². The Hall–Kier alpha value is -2.38. The SMILES string of the molecule is COc1ccc(-c2noc([C@H](C)O)c2C(=O)N2CCN(C)CC2)cc1. The lowest BCUT2D eigenvalue weighted by Gasteiger charge is -2.32. The molecule has 0 aliphatic carbocycles. The van der Waals surface area contributed by atoms with Crippen LogP contribution in [0.5, 0.6) is 5.75 Å². The van der Waals surface area contributed by atoms with Crippen molar-refractivity contribution in [1.82, 2.24) is 15.0 Å². The van der Waals surface area contributed by atoms with Crippen molar-refractivity contribution >= 4 is 5.91 Å². The van der Waals surface area contributed by atoms with Crippen LogP contribution in [-0.4, -0.2) is 66.3 Å². The molecular formula is C18H23N3O4. The molecule has 0 bridgehead atoms. The third-order valence-electron chi connectivity index (χ3n) is 4.47. The van der Waals surface area contributed by atoms with E-state index < -0.39 is 6.10 Å². The van der Waals surface area contributed by atoms with Gasteiger partial charge in [0.1, 0.15) is 23.1 Å². The van der Waals surface area contributed by atoms with Gasteiger partial charge in [-0.3, -0.25) is 4.79 Å². The van der Waals surface area contributed by atoms with Gasteiger partial charge in [-0.05, 0) is 38.2 Å². The molecule has 25 heavy (non-hydrogen) atoms. The molecule has 0 saturated carbocycles. The van der Waals surface area contributed by atoms with Gasteiger partial charge in [0.05, 0.1) is 7.11 Å². The second-order valence-electron chi connectivity index (χ2n) is 6.27. The van der Waals surface area contributed by atoms with E-state index in [4.69, 9.17) is 9.26 Å². The van der Waals surface area contributed by atoms with Gasteiger partial charge in [-0.15, -0.1) is 0 Å². The molecule has 2 aromatic rings. The highest BCUT2D eigenvalue weighted by atomic mass is 16.5. The van der Waals surface area contributed by atoms with Crippen molar-refractivity contribution in [3.8, 4) is 17.0 Å². The predicted octanol–water partition coefficient (Wildman–Crippen LogP) is 1.79. The number of benzene rings is 1. The Labute approximate surface area is 146 Å². The average Bonchev–Trinajstić information content (AvgIpc) is 3.07. The molecule has 1 aromatic carbocycles. The van der Waals surface area contributed by atoms with Gasteiger partial charge in [0, 0.05) is 31.7 Å². The number of aromatic nitrogens is 1. The number of aliphatic hydroxyl groups excluding tert-OH is 1. The molecule has 2 heterocycles. The first-order valence-corrected chi connectivity index (χ1v) is 8.31. The smallest absolute Gasteiger partial charge is 0.259 e. The van der Waals surface area contributed by atoms with E-state index in [0.717, 1.165) is 24.4 Å². The molecule has 134 valence electrons. The van der Waals surface area contributed by atoms with E-state index in [1.807, 2.05) is 19.2 Å². The topological polar surface area (TPSA) is 79.0 Å². The zero-order valence-corrected chi connectivity index (χ0v) is 14.7. The first-order valence-electron chi connectivity index (χ1n) is 8.31. The van der Waals surface area contributed by atoms with Crippen molar-refractivity contribution in [1.29, 1.82) is 0 Å². The van der Waals surface area contributed by atoms with Crippen molar-refractivity contribution in [3.05, 3.63) is 35.6 Å². The molecule has 1 aromatic heterocycles. The maximum absolute atomic E-state index is 13.1. The Balaban J connectivity index is 1.98. The highest BCUT2D eigenvalue weighted by Crippen LogP contribution is 2.31. The standard InChI is InChI=1S/C18H23N3O4/c1-12(22)17-15(18(23)21-10-8-20(2)9-11-21)16(19-25-17)13-4-6-14(24-3)7-5-13/h4-7,12,22H,8-11H2,1-3H3/t12-/m0/s1. The van der Waals surface area contributed by atoms with Crippen molar-refractivity contribution < 1.29 is 19.2 Å². The Morgan fingerprint density at radius 3 is 2.44 bits per heavy atom. The Bertz CT molecular complexity index is 731. The fourth-order valence-corrected chi connectivity index (χ4v) is 2.91. The van der Waals surface area contributed by atoms with Crippen LogP contribution in [0.15, 0.2) is 28.8 Å². The van der Waals surface area contributed by atoms with Crippen LogP contribution >= 0.6 is 0 Å². The number of carbonyl (C=O) groups excluding carboxylic acids is 1. The van der Waals surface area contributed by atoms with Gasteiger partial charge in [0.25, 0.3) is 5.91 Å². The van der Waals surface area contributed by atoms with E-state index in [1.54, 1.807) is 31.1 Å². The molecule has 1 amide bonds. The molecule has 1 saturated heterocycles. The van der Waals surface area contributed by atoms with E-state index in [2.05, 4.69) is 10.1 Å². The van der Waals surface area contributed by atoms with Crippen molar-refractivity contribution in [2.45, 2.75) is 13.0 Å². The van der Waals surface area contributed by atoms with Crippen LogP contribution in [0.1, 0.15) is 29.1 Å². The third kappa shape index (κ3) is 3.52. The summed E-state index contributed by atoms with van der Waals surface area (Å²) in [6.45, 7) is 4.49. The molecule has 7 heteroatoms. The first-order chi connectivity index (χ1) is 12.0. The molecule has 1 aliphatic rings. The van der Waals surface area contributed by atoms with Crippen LogP contribution in [-0.2, 0) is 0 Å². The Morgan fingerprint density at radius 2 is 1.88 bits per heavy atom. The van der Waals surface area contributed by atoms with Gasteiger partial charge >= 0.3 is 0 Å². The predicted molar refractivity (Wildman–Crippen MR) is 92.5 cm³/mol. The average molecular weight is 345 g/mol. The van der Waals surface area contributed by atoms with Crippen LogP contribution in [0.2, 0.25) is 0 Å². The molecular weight excluding hydrogens is 322 g/mol. The fraction of sp³-hybridized carbons (Fsp3) is 0.444. The minimum atomic E-state index is -0.911. The highest BCUT2D eigenvalue weighted by molar-refractivity contribution is 6.01. The van der Waals surface area contributed by atoms with Crippen LogP contribution in [0.4, 0.5) is 0 Å². The lowest BCUT2D eigenvalue weighted by molar-refractivity contribution is 0.0654. The molecule has 0 unspecified atom stereocenters. The normalized spacial score (nSPS) is 16.7. The summed E-state index contributed by atoms with van der Waals surface area (Å²) in [5.74, 6) is 0.765. The third-order valence-corrected chi connectivity index (χ3v) is 4.47. The van der Waals surface area contributed by atoms with Crippen LogP contribution < -0.4 is 4.74 Å². The lowest BCUT2D eigenvalue weighted by atomic mass is 10.0. The fourth-order valence-electron chi connectivity index (χ4n) is 2.91. The summed E-state index contributed by atoms with van der Waals surface area (Å²) in [7, 11) is 3.63. The highest BCUT2D eigenvalue weighted by Gasteiger charge is 2.31. The first kappa shape index (κ1) is 17.4. The number of aliphatic hydroxyl groups is 1. The molecule has 1 fully saturated rings. The second-order valence-corrected chi connectivity index (χ2v) is 6.27. The summed E-state index contributed by atoms with van der Waals surface area (Å²) >= 11 is 0. The summed E-state index contributed by atoms with van der Waals surface area (Å²) < 4.78 is 10.5. The van der Waals surface area contributed by atoms with Crippen molar-refractivity contribution in [3.63, 3.8) is 0 Å². The number of nitrogens with zero attached hydrogens (tertiary/aromatic N) is 3. The summed E-state index contributed by atoms with van der Waals surface area (Å²) in [6, 6.07) is 7.25. The monoisotopic (exact) mass is 345 g/mol. The van der Waals surface area contributed by atoms with E-state index in [0.29, 0.717) is 24.3 Å². The molecule has 1 aliphatic heterocycles. The van der Waals surface area contributed by atoms with Crippen LogP contribution in [0, 0.1) is 0 Å². The van der Waals surface area contributed by atoms with E-state index in [9.17, 15) is 9.90 Å². The lowest BCUT2D eigenvalue weighted by Crippen LogP contribution is -2.47. The minimum absolute atomic E-state index is 0.156. The number of ether oxygens (including phenoxy) is 1. The molecule has 3 rings (SSSR count). The van der Waals surface area contributed by atoms with Gasteiger partial charge in [-0.1, -0.05) is 5.16 Å². The zero-order valence-electron chi connectivity index (χ0n) is 14.7. The summed E-state index contributed by atoms with van der Waals surface area (Å²) in [5.41, 5.74) is 1.53. The van der Waals surface area contributed by atoms with Gasteiger partial charge < -0.3 is 24.2 Å². The molecule has 0 radical (unpaired) electrons. The van der Waals surface area contributed by atoms with Gasteiger partial charge in [0.2, 0.25) is 0 Å². The largest absolute Gasteiger partial charge is 0.497 e. The van der Waals surface area contributed by atoms with Gasteiger partial charge in [-0.25, -0.2) is 0 Å². The number of hydrogen-bond donors (Lipinski definition) is 1. The maximum atomic E-state index is 13.1. The quantitative estimate of drug-likeness (QED) is 0.910. The summed E-state index contributed by atoms with van der Waals surface area (Å²) in [6.07, 6.45) is -0.911. The Kier molecular flexibility index (Phi) is 5.06. The number of likely N-dealkylation sites (N-methyl/N-ethyl adjacent to an activating group) is 1. The molecule has 1 N–H and O–H groups in total. The van der Waals surface area contributed by atoms with Crippen LogP contribution in [0.25, 0.3) is 11.3 Å². The number of amides is 1. The number of carbonyl (C=O) groups is 1. The van der Waals surface area contributed by atoms with Crippen molar-refractivity contribution in [2.24, 2.45) is 0 Å². The van der Waals surface area contributed by atoms with Gasteiger partial charge in [0.15, 0.2) is 5.76 Å². The van der Waals surface area contributed by atoms with E-state index in [1.165, 1.54) is 0 Å². The molecule has 1 atom stereocenters. The van der Waals surface area contributed by atoms with Crippen LogP contribution in [0.3, 0.4) is 0 Å². The summed E-state index contributed by atoms with van der Waals surface area (Å²) in [4.78, 5) is 17.0. The Morgan fingerprint density at radius 1 is 1.24 bits per heavy atom.